The van der Waals surface area contributed by atoms with Gasteiger partial charge in [-0.2, -0.15) is 0 Å². The molecule has 0 spiro atoms. The topological polar surface area (TPSA) is 21.3 Å². The quantitative estimate of drug-likeness (QED) is 0.629. The highest BCUT2D eigenvalue weighted by atomic mass is 16.5. The molecule has 0 aromatic rings. The van der Waals surface area contributed by atoms with Crippen LogP contribution in [0.5, 0.6) is 0 Å². The molecule has 1 N–H and O–H groups in total. The summed E-state index contributed by atoms with van der Waals surface area (Å²) in [5.41, 5.74) is 0. The molecule has 108 valence electrons. The lowest BCUT2D eigenvalue weighted by atomic mass is 9.82. The molecule has 0 bridgehead atoms. The van der Waals surface area contributed by atoms with Gasteiger partial charge in [-0.1, -0.05) is 33.6 Å². The SMILES string of the molecule is CCCNC1CCCCC1CCOCCC(C)C. The second-order valence-electron chi connectivity index (χ2n) is 6.19. The lowest BCUT2D eigenvalue weighted by molar-refractivity contribution is 0.0975. The summed E-state index contributed by atoms with van der Waals surface area (Å²) in [4.78, 5) is 0. The number of rotatable bonds is 9. The molecule has 0 aliphatic heterocycles. The van der Waals surface area contributed by atoms with E-state index in [1.807, 2.05) is 0 Å². The zero-order valence-corrected chi connectivity index (χ0v) is 12.7. The Bertz CT molecular complexity index is 194. The smallest absolute Gasteiger partial charge is 0.0469 e. The number of hydrogen-bond acceptors (Lipinski definition) is 2. The molecule has 0 aromatic heterocycles. The van der Waals surface area contributed by atoms with Crippen molar-refractivity contribution in [3.05, 3.63) is 0 Å². The molecular formula is C16H33NO. The van der Waals surface area contributed by atoms with Crippen LogP contribution in [-0.2, 0) is 4.74 Å². The summed E-state index contributed by atoms with van der Waals surface area (Å²) in [6.07, 6.45) is 9.29. The minimum atomic E-state index is 0.757. The Morgan fingerprint density at radius 3 is 2.67 bits per heavy atom. The second-order valence-corrected chi connectivity index (χ2v) is 6.19. The summed E-state index contributed by atoms with van der Waals surface area (Å²) in [5.74, 6) is 1.61. The van der Waals surface area contributed by atoms with Gasteiger partial charge in [-0.15, -0.1) is 0 Å². The fraction of sp³-hybridized carbons (Fsp3) is 1.00. The van der Waals surface area contributed by atoms with Crippen LogP contribution in [0.4, 0.5) is 0 Å². The van der Waals surface area contributed by atoms with E-state index in [4.69, 9.17) is 4.74 Å². The van der Waals surface area contributed by atoms with E-state index < -0.39 is 0 Å². The van der Waals surface area contributed by atoms with Gasteiger partial charge in [0.15, 0.2) is 0 Å². The van der Waals surface area contributed by atoms with Crippen LogP contribution in [0.25, 0.3) is 0 Å². The van der Waals surface area contributed by atoms with E-state index in [1.165, 1.54) is 51.5 Å². The van der Waals surface area contributed by atoms with Crippen LogP contribution < -0.4 is 5.32 Å². The van der Waals surface area contributed by atoms with Crippen LogP contribution in [-0.4, -0.2) is 25.8 Å². The maximum absolute atomic E-state index is 5.77. The first-order valence-corrected chi connectivity index (χ1v) is 8.05. The summed E-state index contributed by atoms with van der Waals surface area (Å²) in [5, 5.41) is 3.72. The van der Waals surface area contributed by atoms with Crippen molar-refractivity contribution < 1.29 is 4.74 Å². The second kappa shape index (κ2) is 9.80. The van der Waals surface area contributed by atoms with Crippen molar-refractivity contribution >= 4 is 0 Å². The predicted octanol–water partition coefficient (Wildman–Crippen LogP) is 4.00. The first kappa shape index (κ1) is 16.0. The van der Waals surface area contributed by atoms with Gasteiger partial charge in [-0.3, -0.25) is 0 Å². The van der Waals surface area contributed by atoms with E-state index >= 15 is 0 Å². The maximum Gasteiger partial charge on any atom is 0.0469 e. The molecular weight excluding hydrogens is 222 g/mol. The molecule has 0 radical (unpaired) electrons. The monoisotopic (exact) mass is 255 g/mol. The highest BCUT2D eigenvalue weighted by molar-refractivity contribution is 4.80. The Balaban J connectivity index is 2.12. The van der Waals surface area contributed by atoms with E-state index in [1.54, 1.807) is 0 Å². The van der Waals surface area contributed by atoms with Crippen molar-refractivity contribution in [1.29, 1.82) is 0 Å². The molecule has 2 heteroatoms. The average Bonchev–Trinajstić information content (AvgIpc) is 2.36. The van der Waals surface area contributed by atoms with Gasteiger partial charge in [0, 0.05) is 19.3 Å². The maximum atomic E-state index is 5.77. The number of nitrogens with one attached hydrogen (secondary N) is 1. The Labute approximate surface area is 114 Å². The summed E-state index contributed by atoms with van der Waals surface area (Å²) >= 11 is 0. The van der Waals surface area contributed by atoms with E-state index in [9.17, 15) is 0 Å². The molecule has 0 amide bonds. The molecule has 1 aliphatic rings. The zero-order chi connectivity index (χ0) is 13.2. The first-order valence-electron chi connectivity index (χ1n) is 8.05. The molecule has 2 atom stereocenters. The van der Waals surface area contributed by atoms with E-state index in [0.717, 1.165) is 31.1 Å². The lowest BCUT2D eigenvalue weighted by Crippen LogP contribution is -2.39. The van der Waals surface area contributed by atoms with E-state index in [-0.39, 0.29) is 0 Å². The normalized spacial score (nSPS) is 24.7. The van der Waals surface area contributed by atoms with Crippen molar-refractivity contribution in [2.75, 3.05) is 19.8 Å². The van der Waals surface area contributed by atoms with Crippen molar-refractivity contribution in [2.24, 2.45) is 11.8 Å². The number of ether oxygens (including phenoxy) is 1. The molecule has 0 heterocycles. The Morgan fingerprint density at radius 1 is 1.17 bits per heavy atom. The third-order valence-electron chi connectivity index (χ3n) is 4.04. The summed E-state index contributed by atoms with van der Waals surface area (Å²) in [7, 11) is 0. The molecule has 2 unspecified atom stereocenters. The van der Waals surface area contributed by atoms with Crippen LogP contribution in [0.1, 0.15) is 65.7 Å². The minimum Gasteiger partial charge on any atom is -0.381 e. The largest absolute Gasteiger partial charge is 0.381 e. The van der Waals surface area contributed by atoms with Gasteiger partial charge >= 0.3 is 0 Å². The van der Waals surface area contributed by atoms with Crippen LogP contribution in [0, 0.1) is 11.8 Å². The Hall–Kier alpha value is -0.0800. The van der Waals surface area contributed by atoms with Crippen molar-refractivity contribution in [3.63, 3.8) is 0 Å². The number of hydrogen-bond donors (Lipinski definition) is 1. The van der Waals surface area contributed by atoms with Gasteiger partial charge in [0.05, 0.1) is 0 Å². The van der Waals surface area contributed by atoms with Gasteiger partial charge in [-0.25, -0.2) is 0 Å². The summed E-state index contributed by atoms with van der Waals surface area (Å²) in [6.45, 7) is 9.85. The van der Waals surface area contributed by atoms with Gasteiger partial charge < -0.3 is 10.1 Å². The van der Waals surface area contributed by atoms with Crippen molar-refractivity contribution in [2.45, 2.75) is 71.8 Å². The van der Waals surface area contributed by atoms with Crippen LogP contribution >= 0.6 is 0 Å². The summed E-state index contributed by atoms with van der Waals surface area (Å²) in [6, 6.07) is 0.757. The van der Waals surface area contributed by atoms with Crippen LogP contribution in [0.3, 0.4) is 0 Å². The fourth-order valence-corrected chi connectivity index (χ4v) is 2.81. The lowest BCUT2D eigenvalue weighted by Gasteiger charge is -2.32. The predicted molar refractivity (Wildman–Crippen MR) is 78.9 cm³/mol. The van der Waals surface area contributed by atoms with Crippen LogP contribution in [0.2, 0.25) is 0 Å². The van der Waals surface area contributed by atoms with Crippen molar-refractivity contribution in [3.8, 4) is 0 Å². The van der Waals surface area contributed by atoms with Gasteiger partial charge in [0.2, 0.25) is 0 Å². The molecule has 0 saturated heterocycles. The molecule has 1 saturated carbocycles. The van der Waals surface area contributed by atoms with Crippen LogP contribution in [0.15, 0.2) is 0 Å². The highest BCUT2D eigenvalue weighted by Crippen LogP contribution is 2.27. The standard InChI is InChI=1S/C16H33NO/c1-4-11-17-16-8-6-5-7-15(16)10-13-18-12-9-14(2)3/h14-17H,4-13H2,1-3H3. The Morgan fingerprint density at radius 2 is 1.94 bits per heavy atom. The Kier molecular flexibility index (Phi) is 8.70. The van der Waals surface area contributed by atoms with E-state index in [2.05, 4.69) is 26.1 Å². The fourth-order valence-electron chi connectivity index (χ4n) is 2.81. The third-order valence-corrected chi connectivity index (χ3v) is 4.04. The average molecular weight is 255 g/mol. The van der Waals surface area contributed by atoms with Gasteiger partial charge in [-0.05, 0) is 50.5 Å². The molecule has 1 aliphatic carbocycles. The minimum absolute atomic E-state index is 0.757. The molecule has 1 fully saturated rings. The molecule has 18 heavy (non-hydrogen) atoms. The van der Waals surface area contributed by atoms with Gasteiger partial charge in [0.25, 0.3) is 0 Å². The van der Waals surface area contributed by atoms with E-state index in [0.29, 0.717) is 0 Å². The molecule has 0 aromatic carbocycles. The summed E-state index contributed by atoms with van der Waals surface area (Å²) < 4.78 is 5.77. The zero-order valence-electron chi connectivity index (χ0n) is 12.7. The molecule has 1 rings (SSSR count). The third kappa shape index (κ3) is 6.75. The molecule has 2 nitrogen and oxygen atoms in total. The first-order chi connectivity index (χ1) is 8.74. The van der Waals surface area contributed by atoms with Gasteiger partial charge in [0.1, 0.15) is 0 Å². The highest BCUT2D eigenvalue weighted by Gasteiger charge is 2.23. The van der Waals surface area contributed by atoms with Crippen molar-refractivity contribution in [1.82, 2.24) is 5.32 Å².